The standard InChI is InChI=1S/C24H23N7O3S/c1-15-11-12-25-23(26-15)31-35(33,34)21-9-7-19(8-10-21)29-22(32)18-5-4-6-20(14-18)30-24-27-16(2)13-17(3)28-24/h4-14H,1-3H3,(H,29,32)(H,25,26,31)(H,27,28,30). The maximum atomic E-state index is 12.8. The Balaban J connectivity index is 1.44. The minimum absolute atomic E-state index is 0.0119. The Morgan fingerprint density at radius 1 is 0.771 bits per heavy atom. The fourth-order valence-electron chi connectivity index (χ4n) is 3.25. The summed E-state index contributed by atoms with van der Waals surface area (Å²) in [7, 11) is -3.88. The van der Waals surface area contributed by atoms with Gasteiger partial charge in [-0.25, -0.2) is 33.1 Å². The summed E-state index contributed by atoms with van der Waals surface area (Å²) >= 11 is 0. The number of anilines is 4. The molecule has 0 aliphatic heterocycles. The molecule has 0 unspecified atom stereocenters. The van der Waals surface area contributed by atoms with Gasteiger partial charge in [0.25, 0.3) is 15.9 Å². The molecule has 4 aromatic rings. The summed E-state index contributed by atoms with van der Waals surface area (Å²) in [6.07, 6.45) is 1.47. The van der Waals surface area contributed by atoms with Crippen molar-refractivity contribution in [3.8, 4) is 0 Å². The molecule has 2 aromatic carbocycles. The molecular formula is C24H23N7O3S. The molecule has 0 saturated carbocycles. The minimum atomic E-state index is -3.88. The van der Waals surface area contributed by atoms with E-state index >= 15 is 0 Å². The fourth-order valence-corrected chi connectivity index (χ4v) is 4.20. The fraction of sp³-hybridized carbons (Fsp3) is 0.125. The van der Waals surface area contributed by atoms with E-state index in [1.807, 2.05) is 26.0 Å². The second-order valence-corrected chi connectivity index (χ2v) is 9.47. The highest BCUT2D eigenvalue weighted by Crippen LogP contribution is 2.19. The molecule has 35 heavy (non-hydrogen) atoms. The zero-order chi connectivity index (χ0) is 25.0. The molecule has 2 aromatic heterocycles. The quantitative estimate of drug-likeness (QED) is 0.354. The lowest BCUT2D eigenvalue weighted by Gasteiger charge is -2.10. The number of hydrogen-bond donors (Lipinski definition) is 3. The average molecular weight is 490 g/mol. The third-order valence-corrected chi connectivity index (χ3v) is 6.15. The van der Waals surface area contributed by atoms with Crippen LogP contribution in [-0.4, -0.2) is 34.3 Å². The van der Waals surface area contributed by atoms with Gasteiger partial charge in [-0.3, -0.25) is 4.79 Å². The van der Waals surface area contributed by atoms with Crippen LogP contribution < -0.4 is 15.4 Å². The first-order valence-electron chi connectivity index (χ1n) is 10.6. The van der Waals surface area contributed by atoms with Crippen LogP contribution in [0.2, 0.25) is 0 Å². The van der Waals surface area contributed by atoms with Gasteiger partial charge < -0.3 is 10.6 Å². The Hall–Kier alpha value is -4.38. The van der Waals surface area contributed by atoms with Gasteiger partial charge in [0.05, 0.1) is 4.90 Å². The van der Waals surface area contributed by atoms with Gasteiger partial charge in [-0.05, 0) is 75.4 Å². The topological polar surface area (TPSA) is 139 Å². The van der Waals surface area contributed by atoms with Crippen LogP contribution in [0.3, 0.4) is 0 Å². The molecule has 0 aliphatic rings. The average Bonchev–Trinajstić information content (AvgIpc) is 2.78. The second kappa shape index (κ2) is 9.85. The van der Waals surface area contributed by atoms with E-state index in [0.29, 0.717) is 28.6 Å². The van der Waals surface area contributed by atoms with Crippen molar-refractivity contribution in [1.29, 1.82) is 0 Å². The molecule has 0 spiro atoms. The largest absolute Gasteiger partial charge is 0.324 e. The van der Waals surface area contributed by atoms with E-state index in [4.69, 9.17) is 0 Å². The van der Waals surface area contributed by atoms with Gasteiger partial charge in [0.2, 0.25) is 11.9 Å². The van der Waals surface area contributed by atoms with Crippen LogP contribution in [-0.2, 0) is 10.0 Å². The molecule has 0 radical (unpaired) electrons. The normalized spacial score (nSPS) is 11.1. The van der Waals surface area contributed by atoms with Crippen molar-refractivity contribution in [2.75, 3.05) is 15.4 Å². The SMILES string of the molecule is Cc1cc(C)nc(Nc2cccc(C(=O)Nc3ccc(S(=O)(=O)Nc4nccc(C)n4)cc3)c2)n1. The zero-order valence-corrected chi connectivity index (χ0v) is 20.1. The molecule has 0 aliphatic carbocycles. The first-order valence-corrected chi connectivity index (χ1v) is 12.1. The molecule has 10 nitrogen and oxygen atoms in total. The Bertz CT molecular complexity index is 1470. The number of amides is 1. The zero-order valence-electron chi connectivity index (χ0n) is 19.3. The van der Waals surface area contributed by atoms with Crippen molar-refractivity contribution in [3.05, 3.63) is 89.5 Å². The monoisotopic (exact) mass is 489 g/mol. The van der Waals surface area contributed by atoms with Crippen LogP contribution in [0.5, 0.6) is 0 Å². The summed E-state index contributed by atoms with van der Waals surface area (Å²) in [5.74, 6) is 0.0838. The molecule has 3 N–H and O–H groups in total. The highest BCUT2D eigenvalue weighted by Gasteiger charge is 2.16. The first kappa shape index (κ1) is 23.8. The molecule has 0 fully saturated rings. The Labute approximate surface area is 203 Å². The number of rotatable bonds is 7. The number of aromatic nitrogens is 4. The van der Waals surface area contributed by atoms with Crippen molar-refractivity contribution in [2.45, 2.75) is 25.7 Å². The molecule has 4 rings (SSSR count). The molecule has 11 heteroatoms. The third kappa shape index (κ3) is 6.15. The number of carbonyl (C=O) groups excluding carboxylic acids is 1. The highest BCUT2D eigenvalue weighted by molar-refractivity contribution is 7.92. The molecule has 0 saturated heterocycles. The van der Waals surface area contributed by atoms with E-state index < -0.39 is 10.0 Å². The van der Waals surface area contributed by atoms with E-state index in [-0.39, 0.29) is 16.8 Å². The predicted octanol–water partition coefficient (Wildman–Crippen LogP) is 3.99. The van der Waals surface area contributed by atoms with Crippen molar-refractivity contribution in [1.82, 2.24) is 19.9 Å². The number of sulfonamides is 1. The predicted molar refractivity (Wildman–Crippen MR) is 133 cm³/mol. The van der Waals surface area contributed by atoms with Crippen LogP contribution in [0, 0.1) is 20.8 Å². The number of benzene rings is 2. The smallest absolute Gasteiger partial charge is 0.264 e. The molecule has 2 heterocycles. The van der Waals surface area contributed by atoms with Gasteiger partial charge in [-0.2, -0.15) is 0 Å². The number of aryl methyl sites for hydroxylation is 3. The molecule has 0 bridgehead atoms. The van der Waals surface area contributed by atoms with Gasteiger partial charge in [-0.1, -0.05) is 6.07 Å². The van der Waals surface area contributed by atoms with E-state index in [1.54, 1.807) is 31.2 Å². The molecule has 178 valence electrons. The Kier molecular flexibility index (Phi) is 6.69. The maximum absolute atomic E-state index is 12.8. The van der Waals surface area contributed by atoms with Gasteiger partial charge in [-0.15, -0.1) is 0 Å². The lowest BCUT2D eigenvalue weighted by atomic mass is 10.2. The summed E-state index contributed by atoms with van der Waals surface area (Å²) in [6, 6.07) is 16.2. The molecule has 0 atom stereocenters. The molecular weight excluding hydrogens is 466 g/mol. The van der Waals surface area contributed by atoms with Crippen LogP contribution in [0.15, 0.2) is 71.8 Å². The van der Waals surface area contributed by atoms with E-state index in [2.05, 4.69) is 35.3 Å². The summed E-state index contributed by atoms with van der Waals surface area (Å²) in [6.45, 7) is 5.50. The minimum Gasteiger partial charge on any atom is -0.324 e. The number of nitrogens with one attached hydrogen (secondary N) is 3. The lowest BCUT2D eigenvalue weighted by Crippen LogP contribution is -2.16. The van der Waals surface area contributed by atoms with Crippen LogP contribution in [0.4, 0.5) is 23.3 Å². The highest BCUT2D eigenvalue weighted by atomic mass is 32.2. The maximum Gasteiger partial charge on any atom is 0.264 e. The van der Waals surface area contributed by atoms with Gasteiger partial charge in [0.1, 0.15) is 0 Å². The number of hydrogen-bond acceptors (Lipinski definition) is 8. The Morgan fingerprint density at radius 2 is 1.46 bits per heavy atom. The van der Waals surface area contributed by atoms with Crippen molar-refractivity contribution in [3.63, 3.8) is 0 Å². The first-order chi connectivity index (χ1) is 16.7. The number of nitrogens with zero attached hydrogens (tertiary/aromatic N) is 4. The van der Waals surface area contributed by atoms with Gasteiger partial charge in [0, 0.05) is 40.2 Å². The summed E-state index contributed by atoms with van der Waals surface area (Å²) < 4.78 is 27.5. The third-order valence-electron chi connectivity index (χ3n) is 4.81. The summed E-state index contributed by atoms with van der Waals surface area (Å²) in [5.41, 5.74) is 3.82. The van der Waals surface area contributed by atoms with Crippen LogP contribution in [0.25, 0.3) is 0 Å². The van der Waals surface area contributed by atoms with E-state index in [9.17, 15) is 13.2 Å². The van der Waals surface area contributed by atoms with Gasteiger partial charge >= 0.3 is 0 Å². The second-order valence-electron chi connectivity index (χ2n) is 7.79. The van der Waals surface area contributed by atoms with Gasteiger partial charge in [0.15, 0.2) is 0 Å². The Morgan fingerprint density at radius 3 is 2.14 bits per heavy atom. The van der Waals surface area contributed by atoms with Crippen LogP contribution in [0.1, 0.15) is 27.4 Å². The summed E-state index contributed by atoms with van der Waals surface area (Å²) in [4.78, 5) is 29.4. The van der Waals surface area contributed by atoms with Crippen molar-refractivity contribution < 1.29 is 13.2 Å². The van der Waals surface area contributed by atoms with Crippen molar-refractivity contribution >= 4 is 39.2 Å². The van der Waals surface area contributed by atoms with E-state index in [1.165, 1.54) is 30.5 Å². The van der Waals surface area contributed by atoms with Crippen LogP contribution >= 0.6 is 0 Å². The van der Waals surface area contributed by atoms with Crippen molar-refractivity contribution in [2.24, 2.45) is 0 Å². The van der Waals surface area contributed by atoms with E-state index in [0.717, 1.165) is 11.4 Å². The number of carbonyl (C=O) groups is 1. The molecule has 1 amide bonds. The summed E-state index contributed by atoms with van der Waals surface area (Å²) in [5, 5.41) is 5.87. The lowest BCUT2D eigenvalue weighted by molar-refractivity contribution is 0.102.